The monoisotopic (exact) mass is 311 g/mol. The average Bonchev–Trinajstić information content (AvgIpc) is 2.80. The van der Waals surface area contributed by atoms with Gasteiger partial charge in [-0.2, -0.15) is 13.2 Å². The number of fused-ring (bicyclic) bond motifs is 1. The van der Waals surface area contributed by atoms with Crippen molar-refractivity contribution in [3.05, 3.63) is 64.2 Å². The molecule has 0 saturated carbocycles. The number of hydrogen-bond acceptors (Lipinski definition) is 1. The minimum atomic E-state index is -4.36. The molecule has 2 aromatic rings. The van der Waals surface area contributed by atoms with Crippen LogP contribution < -0.4 is 5.32 Å². The second-order valence-corrected chi connectivity index (χ2v) is 5.56. The van der Waals surface area contributed by atoms with Crippen molar-refractivity contribution in [3.63, 3.8) is 0 Å². The Balaban J connectivity index is 1.90. The predicted octanol–water partition coefficient (Wildman–Crippen LogP) is 5.46. The molecular weight excluding hydrogens is 299 g/mol. The van der Waals surface area contributed by atoms with E-state index in [0.29, 0.717) is 5.02 Å². The van der Waals surface area contributed by atoms with Crippen molar-refractivity contribution >= 4 is 17.3 Å². The number of alkyl halides is 3. The predicted molar refractivity (Wildman–Crippen MR) is 77.6 cm³/mol. The van der Waals surface area contributed by atoms with Gasteiger partial charge in [0.05, 0.1) is 11.6 Å². The highest BCUT2D eigenvalue weighted by atomic mass is 35.5. The SMILES string of the molecule is FC(F)(F)c1ccccc1NC1CCc2cc(Cl)ccc21. The molecule has 0 spiro atoms. The van der Waals surface area contributed by atoms with Crippen molar-refractivity contribution in [1.82, 2.24) is 0 Å². The second-order valence-electron chi connectivity index (χ2n) is 5.12. The summed E-state index contributed by atoms with van der Waals surface area (Å²) in [5, 5.41) is 3.69. The van der Waals surface area contributed by atoms with Crippen molar-refractivity contribution < 1.29 is 13.2 Å². The molecule has 1 nitrogen and oxygen atoms in total. The van der Waals surface area contributed by atoms with E-state index >= 15 is 0 Å². The van der Waals surface area contributed by atoms with Gasteiger partial charge in [-0.25, -0.2) is 0 Å². The van der Waals surface area contributed by atoms with Crippen LogP contribution in [0.3, 0.4) is 0 Å². The largest absolute Gasteiger partial charge is 0.418 e. The third-order valence-corrected chi connectivity index (χ3v) is 3.98. The van der Waals surface area contributed by atoms with E-state index in [1.807, 2.05) is 12.1 Å². The topological polar surface area (TPSA) is 12.0 Å². The lowest BCUT2D eigenvalue weighted by molar-refractivity contribution is -0.137. The fourth-order valence-electron chi connectivity index (χ4n) is 2.78. The molecule has 1 unspecified atom stereocenters. The van der Waals surface area contributed by atoms with Crippen LogP contribution in [0.15, 0.2) is 42.5 Å². The molecule has 0 saturated heterocycles. The molecule has 0 bridgehead atoms. The molecule has 0 aromatic heterocycles. The van der Waals surface area contributed by atoms with Crippen LogP contribution in [0.1, 0.15) is 29.2 Å². The second kappa shape index (κ2) is 5.26. The number of para-hydroxylation sites is 1. The molecule has 0 heterocycles. The number of halogens is 4. The Morgan fingerprint density at radius 2 is 1.86 bits per heavy atom. The first-order chi connectivity index (χ1) is 9.95. The van der Waals surface area contributed by atoms with E-state index in [4.69, 9.17) is 11.6 Å². The summed E-state index contributed by atoms with van der Waals surface area (Å²) < 4.78 is 39.0. The number of rotatable bonds is 2. The molecule has 110 valence electrons. The third-order valence-electron chi connectivity index (χ3n) is 3.74. The smallest absolute Gasteiger partial charge is 0.378 e. The van der Waals surface area contributed by atoms with E-state index in [1.165, 1.54) is 12.1 Å². The number of hydrogen-bond donors (Lipinski definition) is 1. The minimum Gasteiger partial charge on any atom is -0.378 e. The first kappa shape index (κ1) is 14.3. The maximum Gasteiger partial charge on any atom is 0.418 e. The van der Waals surface area contributed by atoms with Gasteiger partial charge in [-0.3, -0.25) is 0 Å². The Morgan fingerprint density at radius 1 is 1.10 bits per heavy atom. The van der Waals surface area contributed by atoms with Crippen LogP contribution in [0.2, 0.25) is 5.02 Å². The van der Waals surface area contributed by atoms with E-state index in [-0.39, 0.29) is 11.7 Å². The van der Waals surface area contributed by atoms with Gasteiger partial charge in [0.25, 0.3) is 0 Å². The molecule has 0 amide bonds. The molecule has 1 atom stereocenters. The Labute approximate surface area is 125 Å². The molecule has 0 radical (unpaired) electrons. The molecule has 5 heteroatoms. The molecular formula is C16H13ClF3N. The third kappa shape index (κ3) is 2.86. The van der Waals surface area contributed by atoms with Gasteiger partial charge in [0.2, 0.25) is 0 Å². The zero-order valence-electron chi connectivity index (χ0n) is 11.0. The van der Waals surface area contributed by atoms with Crippen molar-refractivity contribution in [1.29, 1.82) is 0 Å². The fraction of sp³-hybridized carbons (Fsp3) is 0.250. The zero-order valence-corrected chi connectivity index (χ0v) is 11.8. The lowest BCUT2D eigenvalue weighted by Crippen LogP contribution is -2.13. The van der Waals surface area contributed by atoms with Gasteiger partial charge < -0.3 is 5.32 Å². The van der Waals surface area contributed by atoms with E-state index in [1.54, 1.807) is 12.1 Å². The zero-order chi connectivity index (χ0) is 15.0. The van der Waals surface area contributed by atoms with Crippen LogP contribution in [0, 0.1) is 0 Å². The number of benzene rings is 2. The van der Waals surface area contributed by atoms with Crippen LogP contribution >= 0.6 is 11.6 Å². The highest BCUT2D eigenvalue weighted by Gasteiger charge is 2.34. The highest BCUT2D eigenvalue weighted by molar-refractivity contribution is 6.30. The van der Waals surface area contributed by atoms with Gasteiger partial charge in [-0.05, 0) is 48.2 Å². The summed E-state index contributed by atoms with van der Waals surface area (Å²) in [6.45, 7) is 0. The van der Waals surface area contributed by atoms with Gasteiger partial charge >= 0.3 is 6.18 Å². The van der Waals surface area contributed by atoms with Crippen LogP contribution in [0.25, 0.3) is 0 Å². The lowest BCUT2D eigenvalue weighted by atomic mass is 10.1. The van der Waals surface area contributed by atoms with Crippen LogP contribution in [-0.4, -0.2) is 0 Å². The van der Waals surface area contributed by atoms with Gasteiger partial charge in [-0.1, -0.05) is 29.8 Å². The molecule has 1 aliphatic rings. The average molecular weight is 312 g/mol. The maximum absolute atomic E-state index is 13.0. The van der Waals surface area contributed by atoms with E-state index in [0.717, 1.165) is 30.0 Å². The molecule has 21 heavy (non-hydrogen) atoms. The summed E-state index contributed by atoms with van der Waals surface area (Å²) in [6, 6.07) is 11.0. The minimum absolute atomic E-state index is 0.110. The first-order valence-corrected chi connectivity index (χ1v) is 7.04. The molecule has 1 N–H and O–H groups in total. The summed E-state index contributed by atoms with van der Waals surface area (Å²) in [5.74, 6) is 0. The first-order valence-electron chi connectivity index (χ1n) is 6.66. The summed E-state index contributed by atoms with van der Waals surface area (Å²) in [6.07, 6.45) is -2.77. The summed E-state index contributed by atoms with van der Waals surface area (Å²) in [7, 11) is 0. The Kier molecular flexibility index (Phi) is 3.57. The van der Waals surface area contributed by atoms with Crippen molar-refractivity contribution in [2.24, 2.45) is 0 Å². The lowest BCUT2D eigenvalue weighted by Gasteiger charge is -2.19. The fourth-order valence-corrected chi connectivity index (χ4v) is 2.97. The molecule has 2 aromatic carbocycles. The molecule has 3 rings (SSSR count). The molecule has 1 aliphatic carbocycles. The van der Waals surface area contributed by atoms with Crippen LogP contribution in [-0.2, 0) is 12.6 Å². The van der Waals surface area contributed by atoms with Crippen molar-refractivity contribution in [2.45, 2.75) is 25.1 Å². The van der Waals surface area contributed by atoms with Crippen LogP contribution in [0.4, 0.5) is 18.9 Å². The van der Waals surface area contributed by atoms with Gasteiger partial charge in [0.1, 0.15) is 0 Å². The van der Waals surface area contributed by atoms with E-state index < -0.39 is 11.7 Å². The van der Waals surface area contributed by atoms with Crippen molar-refractivity contribution in [3.8, 4) is 0 Å². The summed E-state index contributed by atoms with van der Waals surface area (Å²) >= 11 is 5.95. The number of anilines is 1. The van der Waals surface area contributed by atoms with Gasteiger partial charge in [0.15, 0.2) is 0 Å². The Hall–Kier alpha value is -1.68. The van der Waals surface area contributed by atoms with Gasteiger partial charge in [-0.15, -0.1) is 0 Å². The normalized spacial score (nSPS) is 17.6. The maximum atomic E-state index is 13.0. The Bertz CT molecular complexity index is 667. The summed E-state index contributed by atoms with van der Waals surface area (Å²) in [5.41, 5.74) is 1.62. The molecule has 0 aliphatic heterocycles. The van der Waals surface area contributed by atoms with Crippen LogP contribution in [0.5, 0.6) is 0 Å². The standard InChI is InChI=1S/C16H13ClF3N/c17-11-6-7-12-10(9-11)5-8-14(12)21-15-4-2-1-3-13(15)16(18,19)20/h1-4,6-7,9,14,21H,5,8H2. The van der Waals surface area contributed by atoms with Gasteiger partial charge in [0, 0.05) is 10.7 Å². The highest BCUT2D eigenvalue weighted by Crippen LogP contribution is 2.39. The Morgan fingerprint density at radius 3 is 2.62 bits per heavy atom. The quantitative estimate of drug-likeness (QED) is 0.776. The van der Waals surface area contributed by atoms with Crippen molar-refractivity contribution in [2.75, 3.05) is 5.32 Å². The number of aryl methyl sites for hydroxylation is 1. The number of nitrogens with one attached hydrogen (secondary N) is 1. The van der Waals surface area contributed by atoms with E-state index in [9.17, 15) is 13.2 Å². The van der Waals surface area contributed by atoms with E-state index in [2.05, 4.69) is 5.32 Å². The summed E-state index contributed by atoms with van der Waals surface area (Å²) in [4.78, 5) is 0. The molecule has 0 fully saturated rings.